The topological polar surface area (TPSA) is 66.3 Å². The second kappa shape index (κ2) is 7.48. The number of hydrogen-bond acceptors (Lipinski definition) is 4. The fourth-order valence-electron chi connectivity index (χ4n) is 3.24. The third-order valence-electron chi connectivity index (χ3n) is 4.94. The van der Waals surface area contributed by atoms with Crippen molar-refractivity contribution in [3.05, 3.63) is 91.8 Å². The summed E-state index contributed by atoms with van der Waals surface area (Å²) in [7, 11) is 0. The molecule has 4 rings (SSSR count). The third-order valence-corrected chi connectivity index (χ3v) is 5.80. The first kappa shape index (κ1) is 18.3. The van der Waals surface area contributed by atoms with Gasteiger partial charge in [-0.2, -0.15) is 0 Å². The maximum Gasteiger partial charge on any atom is 0.290 e. The number of aryl methyl sites for hydroxylation is 2. The Bertz CT molecular complexity index is 1170. The molecule has 0 radical (unpaired) electrons. The van der Waals surface area contributed by atoms with E-state index in [-0.39, 0.29) is 23.8 Å². The lowest BCUT2D eigenvalue weighted by Gasteiger charge is -2.21. The van der Waals surface area contributed by atoms with Crippen molar-refractivity contribution >= 4 is 28.1 Å². The molecule has 1 N–H and O–H groups in total. The van der Waals surface area contributed by atoms with Crippen LogP contribution in [-0.4, -0.2) is 15.8 Å². The Morgan fingerprint density at radius 3 is 2.71 bits per heavy atom. The molecule has 0 aliphatic rings. The molecule has 28 heavy (non-hydrogen) atoms. The number of nitrogens with zero attached hydrogens (tertiary/aromatic N) is 1. The normalized spacial score (nSPS) is 11.1. The van der Waals surface area contributed by atoms with Gasteiger partial charge in [-0.3, -0.25) is 9.59 Å². The van der Waals surface area contributed by atoms with Gasteiger partial charge < -0.3 is 14.3 Å². The number of nitrogens with one attached hydrogen (secondary N) is 1. The molecule has 0 aliphatic carbocycles. The quantitative estimate of drug-likeness (QED) is 0.538. The van der Waals surface area contributed by atoms with Gasteiger partial charge in [-0.05, 0) is 60.0 Å². The Balaban J connectivity index is 1.71. The summed E-state index contributed by atoms with van der Waals surface area (Å²) in [6.45, 7) is 4.64. The molecule has 0 aliphatic heterocycles. The molecule has 0 atom stereocenters. The highest BCUT2D eigenvalue weighted by Gasteiger charge is 2.21. The van der Waals surface area contributed by atoms with Crippen LogP contribution in [-0.2, 0) is 13.1 Å². The first-order valence-electron chi connectivity index (χ1n) is 9.00. The maximum absolute atomic E-state index is 12.9. The minimum Gasteiger partial charge on any atom is -0.459 e. The predicted molar refractivity (Wildman–Crippen MR) is 111 cm³/mol. The van der Waals surface area contributed by atoms with Crippen molar-refractivity contribution in [3.63, 3.8) is 0 Å². The van der Waals surface area contributed by atoms with E-state index in [2.05, 4.69) is 4.98 Å². The van der Waals surface area contributed by atoms with E-state index >= 15 is 0 Å². The Labute approximate surface area is 166 Å². The van der Waals surface area contributed by atoms with E-state index in [1.807, 2.05) is 49.6 Å². The van der Waals surface area contributed by atoms with Crippen molar-refractivity contribution in [2.75, 3.05) is 0 Å². The van der Waals surface area contributed by atoms with E-state index in [9.17, 15) is 9.59 Å². The first-order valence-corrected chi connectivity index (χ1v) is 9.88. The van der Waals surface area contributed by atoms with E-state index in [1.54, 1.807) is 28.4 Å². The van der Waals surface area contributed by atoms with Gasteiger partial charge in [0.2, 0.25) is 0 Å². The predicted octanol–water partition coefficient (Wildman–Crippen LogP) is 4.64. The largest absolute Gasteiger partial charge is 0.459 e. The van der Waals surface area contributed by atoms with Crippen molar-refractivity contribution in [1.82, 2.24) is 9.88 Å². The summed E-state index contributed by atoms with van der Waals surface area (Å²) in [5.41, 5.74) is 3.40. The number of aromatic amines is 1. The number of hydrogen-bond donors (Lipinski definition) is 1. The van der Waals surface area contributed by atoms with Crippen molar-refractivity contribution in [1.29, 1.82) is 0 Å². The number of fused-ring (bicyclic) bond motifs is 1. The summed E-state index contributed by atoms with van der Waals surface area (Å²) >= 11 is 1.58. The van der Waals surface area contributed by atoms with Crippen molar-refractivity contribution in [2.24, 2.45) is 0 Å². The van der Waals surface area contributed by atoms with Gasteiger partial charge in [-0.1, -0.05) is 18.2 Å². The number of pyridine rings is 1. The maximum atomic E-state index is 12.9. The highest BCUT2D eigenvalue weighted by Crippen LogP contribution is 2.21. The second-order valence-electron chi connectivity index (χ2n) is 6.81. The van der Waals surface area contributed by atoms with Crippen LogP contribution >= 0.6 is 11.3 Å². The molecule has 3 aromatic heterocycles. The average molecular weight is 392 g/mol. The smallest absolute Gasteiger partial charge is 0.290 e. The van der Waals surface area contributed by atoms with Crippen LogP contribution in [0.25, 0.3) is 10.9 Å². The summed E-state index contributed by atoms with van der Waals surface area (Å²) in [6.07, 6.45) is 1.48. The molecule has 6 heteroatoms. The SMILES string of the molecule is Cc1ccc2cc(CN(Cc3cccs3)C(=O)c3ccco3)c(=O)[nH]c2c1C. The monoisotopic (exact) mass is 392 g/mol. The van der Waals surface area contributed by atoms with E-state index in [1.165, 1.54) is 6.26 Å². The number of amides is 1. The molecule has 0 spiro atoms. The standard InChI is InChI=1S/C22H20N2O3S/c1-14-7-8-16-11-17(21(25)23-20(16)15(14)2)12-24(13-18-5-4-10-28-18)22(26)19-6-3-9-27-19/h3-11H,12-13H2,1-2H3,(H,23,25). The van der Waals surface area contributed by atoms with Crippen molar-refractivity contribution in [3.8, 4) is 0 Å². The van der Waals surface area contributed by atoms with E-state index < -0.39 is 0 Å². The zero-order valence-electron chi connectivity index (χ0n) is 15.7. The summed E-state index contributed by atoms with van der Waals surface area (Å²) in [6, 6.07) is 13.2. The third kappa shape index (κ3) is 3.51. The molecule has 1 amide bonds. The van der Waals surface area contributed by atoms with E-state index in [0.29, 0.717) is 12.1 Å². The van der Waals surface area contributed by atoms with Gasteiger partial charge in [0.05, 0.1) is 24.9 Å². The van der Waals surface area contributed by atoms with Crippen LogP contribution in [0.2, 0.25) is 0 Å². The van der Waals surface area contributed by atoms with Crippen LogP contribution in [0.3, 0.4) is 0 Å². The van der Waals surface area contributed by atoms with E-state index in [4.69, 9.17) is 4.42 Å². The Hall–Kier alpha value is -3.12. The van der Waals surface area contributed by atoms with Crippen LogP contribution in [0.15, 0.2) is 63.3 Å². The lowest BCUT2D eigenvalue weighted by Crippen LogP contribution is -2.32. The molecule has 4 aromatic rings. The molecule has 0 saturated heterocycles. The minimum atomic E-state index is -0.238. The highest BCUT2D eigenvalue weighted by molar-refractivity contribution is 7.09. The number of carbonyl (C=O) groups is 1. The molecule has 1 aromatic carbocycles. The van der Waals surface area contributed by atoms with Crippen molar-refractivity contribution < 1.29 is 9.21 Å². The van der Waals surface area contributed by atoms with Crippen LogP contribution in [0, 0.1) is 13.8 Å². The number of H-pyrrole nitrogens is 1. The number of aromatic nitrogens is 1. The Morgan fingerprint density at radius 2 is 2.00 bits per heavy atom. The molecule has 0 saturated carbocycles. The van der Waals surface area contributed by atoms with Crippen LogP contribution in [0.5, 0.6) is 0 Å². The Kier molecular flexibility index (Phi) is 4.88. The molecule has 142 valence electrons. The number of furan rings is 1. The Morgan fingerprint density at radius 1 is 1.14 bits per heavy atom. The average Bonchev–Trinajstić information content (AvgIpc) is 3.39. The summed E-state index contributed by atoms with van der Waals surface area (Å²) in [5.74, 6) is 0.0261. The van der Waals surface area contributed by atoms with Crippen molar-refractivity contribution in [2.45, 2.75) is 26.9 Å². The summed E-state index contributed by atoms with van der Waals surface area (Å²) in [4.78, 5) is 31.3. The number of benzene rings is 1. The number of rotatable bonds is 5. The summed E-state index contributed by atoms with van der Waals surface area (Å²) in [5, 5.41) is 2.93. The van der Waals surface area contributed by atoms with Gasteiger partial charge in [-0.15, -0.1) is 11.3 Å². The van der Waals surface area contributed by atoms with Crippen LogP contribution < -0.4 is 5.56 Å². The van der Waals surface area contributed by atoms with Gasteiger partial charge in [0.25, 0.3) is 11.5 Å². The molecule has 0 bridgehead atoms. The molecule has 5 nitrogen and oxygen atoms in total. The lowest BCUT2D eigenvalue weighted by molar-refractivity contribution is 0.0699. The molecular formula is C22H20N2O3S. The first-order chi connectivity index (χ1) is 13.5. The van der Waals surface area contributed by atoms with Gasteiger partial charge >= 0.3 is 0 Å². The number of carbonyl (C=O) groups excluding carboxylic acids is 1. The molecule has 3 heterocycles. The molecule has 0 unspecified atom stereocenters. The lowest BCUT2D eigenvalue weighted by atomic mass is 10.0. The summed E-state index contributed by atoms with van der Waals surface area (Å²) < 4.78 is 5.29. The minimum absolute atomic E-state index is 0.176. The number of thiophene rings is 1. The van der Waals surface area contributed by atoms with Gasteiger partial charge in [0.15, 0.2) is 5.76 Å². The zero-order valence-corrected chi connectivity index (χ0v) is 16.5. The van der Waals surface area contributed by atoms with Gasteiger partial charge in [0, 0.05) is 10.4 Å². The molecular weight excluding hydrogens is 372 g/mol. The fraction of sp³-hybridized carbons (Fsp3) is 0.182. The second-order valence-corrected chi connectivity index (χ2v) is 7.85. The van der Waals surface area contributed by atoms with Gasteiger partial charge in [-0.25, -0.2) is 0 Å². The molecule has 0 fully saturated rings. The van der Waals surface area contributed by atoms with E-state index in [0.717, 1.165) is 26.9 Å². The van der Waals surface area contributed by atoms with Gasteiger partial charge in [0.1, 0.15) is 0 Å². The fourth-order valence-corrected chi connectivity index (χ4v) is 3.96. The van der Waals surface area contributed by atoms with Crippen LogP contribution in [0.4, 0.5) is 0 Å². The van der Waals surface area contributed by atoms with Crippen LogP contribution in [0.1, 0.15) is 32.1 Å². The zero-order chi connectivity index (χ0) is 19.7. The highest BCUT2D eigenvalue weighted by atomic mass is 32.1.